The quantitative estimate of drug-likeness (QED) is 0.570. The number of nitrogen functional groups attached to an aromatic ring is 1. The van der Waals surface area contributed by atoms with Crippen molar-refractivity contribution in [1.29, 1.82) is 0 Å². The molecule has 0 radical (unpaired) electrons. The lowest BCUT2D eigenvalue weighted by molar-refractivity contribution is 0.201. The van der Waals surface area contributed by atoms with Crippen LogP contribution in [0.4, 0.5) is 14.9 Å². The zero-order valence-electron chi connectivity index (χ0n) is 8.47. The summed E-state index contributed by atoms with van der Waals surface area (Å²) in [6, 6.07) is 3.74. The summed E-state index contributed by atoms with van der Waals surface area (Å²) < 4.78 is 38.4. The molecule has 5 N–H and O–H groups in total. The van der Waals surface area contributed by atoms with Crippen molar-refractivity contribution in [3.05, 3.63) is 29.6 Å². The molecule has 0 aromatic heterocycles. The summed E-state index contributed by atoms with van der Waals surface area (Å²) in [6.07, 6.45) is -1.73. The van der Waals surface area contributed by atoms with E-state index < -0.39 is 22.1 Å². The van der Waals surface area contributed by atoms with Gasteiger partial charge in [0.1, 0.15) is 5.82 Å². The summed E-state index contributed by atoms with van der Waals surface area (Å²) in [7, 11) is -4.20. The number of carbonyl (C=O) groups is 1. The van der Waals surface area contributed by atoms with Crippen LogP contribution < -0.4 is 15.2 Å². The standard InChI is InChI=1S/C8H10FN3O4S/c9-7-3-6(10)2-1-5(7)4-11-17(15,16)12-8(13)14/h1-3,11-12H,4,10H2,(H,13,14). The minimum atomic E-state index is -4.20. The Labute approximate surface area is 96.6 Å². The molecule has 0 aliphatic rings. The fourth-order valence-corrected chi connectivity index (χ4v) is 1.68. The van der Waals surface area contributed by atoms with E-state index in [1.807, 2.05) is 4.72 Å². The van der Waals surface area contributed by atoms with E-state index in [2.05, 4.69) is 0 Å². The van der Waals surface area contributed by atoms with Crippen molar-refractivity contribution >= 4 is 22.0 Å². The lowest BCUT2D eigenvalue weighted by atomic mass is 10.2. The molecule has 0 unspecified atom stereocenters. The Morgan fingerprint density at radius 3 is 2.65 bits per heavy atom. The van der Waals surface area contributed by atoms with Gasteiger partial charge in [-0.15, -0.1) is 0 Å². The highest BCUT2D eigenvalue weighted by Crippen LogP contribution is 2.11. The van der Waals surface area contributed by atoms with E-state index in [1.54, 1.807) is 0 Å². The summed E-state index contributed by atoms with van der Waals surface area (Å²) in [6.45, 7) is -0.380. The zero-order chi connectivity index (χ0) is 13.1. The van der Waals surface area contributed by atoms with Gasteiger partial charge in [0.15, 0.2) is 0 Å². The Morgan fingerprint density at radius 1 is 1.47 bits per heavy atom. The fourth-order valence-electron chi connectivity index (χ4n) is 1.03. The van der Waals surface area contributed by atoms with E-state index in [1.165, 1.54) is 16.9 Å². The van der Waals surface area contributed by atoms with Crippen LogP contribution in [0.25, 0.3) is 0 Å². The molecule has 1 rings (SSSR count). The van der Waals surface area contributed by atoms with Gasteiger partial charge in [0, 0.05) is 17.8 Å². The van der Waals surface area contributed by atoms with Gasteiger partial charge in [0.2, 0.25) is 0 Å². The van der Waals surface area contributed by atoms with Crippen LogP contribution >= 0.6 is 0 Å². The normalized spacial score (nSPS) is 11.1. The first kappa shape index (κ1) is 13.2. The smallest absolute Gasteiger partial charge is 0.419 e. The van der Waals surface area contributed by atoms with Gasteiger partial charge in [0.25, 0.3) is 0 Å². The number of nitrogens with two attached hydrogens (primary N) is 1. The van der Waals surface area contributed by atoms with Crippen LogP contribution in [0.1, 0.15) is 5.56 Å². The molecular formula is C8H10FN3O4S. The van der Waals surface area contributed by atoms with Gasteiger partial charge >= 0.3 is 16.3 Å². The van der Waals surface area contributed by atoms with Crippen LogP contribution in [-0.4, -0.2) is 19.6 Å². The molecule has 7 nitrogen and oxygen atoms in total. The molecule has 0 bridgehead atoms. The number of carboxylic acid groups (broad SMARTS) is 1. The molecule has 0 saturated carbocycles. The first-order valence-electron chi connectivity index (χ1n) is 4.34. The molecule has 1 amide bonds. The Kier molecular flexibility index (Phi) is 3.86. The third kappa shape index (κ3) is 4.25. The fraction of sp³-hybridized carbons (Fsp3) is 0.125. The second-order valence-corrected chi connectivity index (χ2v) is 4.58. The summed E-state index contributed by atoms with van der Waals surface area (Å²) in [4.78, 5) is 10.1. The van der Waals surface area contributed by atoms with Crippen molar-refractivity contribution in [3.8, 4) is 0 Å². The lowest BCUT2D eigenvalue weighted by Crippen LogP contribution is -2.39. The monoisotopic (exact) mass is 263 g/mol. The Balaban J connectivity index is 2.71. The first-order valence-corrected chi connectivity index (χ1v) is 5.83. The third-order valence-electron chi connectivity index (χ3n) is 1.75. The van der Waals surface area contributed by atoms with Crippen LogP contribution in [0.3, 0.4) is 0 Å². The molecule has 0 aliphatic carbocycles. The number of hydrogen-bond donors (Lipinski definition) is 4. The number of hydrogen-bond acceptors (Lipinski definition) is 4. The van der Waals surface area contributed by atoms with Crippen molar-refractivity contribution in [2.45, 2.75) is 6.54 Å². The molecule has 17 heavy (non-hydrogen) atoms. The Hall–Kier alpha value is -1.87. The molecule has 0 fully saturated rings. The maximum atomic E-state index is 13.2. The van der Waals surface area contributed by atoms with Crippen molar-refractivity contribution in [2.75, 3.05) is 5.73 Å². The molecule has 9 heteroatoms. The van der Waals surface area contributed by atoms with Crippen LogP contribution in [0.15, 0.2) is 18.2 Å². The predicted molar refractivity (Wildman–Crippen MR) is 57.7 cm³/mol. The van der Waals surface area contributed by atoms with Gasteiger partial charge in [-0.3, -0.25) is 0 Å². The van der Waals surface area contributed by atoms with E-state index in [0.717, 1.165) is 6.07 Å². The molecular weight excluding hydrogens is 253 g/mol. The average Bonchev–Trinajstić information content (AvgIpc) is 2.14. The zero-order valence-corrected chi connectivity index (χ0v) is 9.29. The van der Waals surface area contributed by atoms with Gasteiger partial charge in [0.05, 0.1) is 0 Å². The van der Waals surface area contributed by atoms with Gasteiger partial charge in [-0.05, 0) is 12.1 Å². The topological polar surface area (TPSA) is 122 Å². The SMILES string of the molecule is Nc1ccc(CNS(=O)(=O)NC(=O)O)c(F)c1. The summed E-state index contributed by atoms with van der Waals surface area (Å²) >= 11 is 0. The van der Waals surface area contributed by atoms with Crippen molar-refractivity contribution < 1.29 is 22.7 Å². The van der Waals surface area contributed by atoms with E-state index in [0.29, 0.717) is 0 Å². The molecule has 0 atom stereocenters. The van der Waals surface area contributed by atoms with Crippen LogP contribution in [0, 0.1) is 5.82 Å². The molecule has 1 aromatic carbocycles. The predicted octanol–water partition coefficient (Wildman–Crippen LogP) is 0.00990. The molecule has 0 spiro atoms. The third-order valence-corrected chi connectivity index (χ3v) is 2.72. The van der Waals surface area contributed by atoms with Gasteiger partial charge in [-0.2, -0.15) is 13.1 Å². The first-order chi connectivity index (χ1) is 7.80. The van der Waals surface area contributed by atoms with Crippen LogP contribution in [0.2, 0.25) is 0 Å². The number of benzene rings is 1. The second-order valence-electron chi connectivity index (χ2n) is 3.08. The number of halogens is 1. The van der Waals surface area contributed by atoms with Crippen molar-refractivity contribution in [3.63, 3.8) is 0 Å². The maximum absolute atomic E-state index is 13.2. The van der Waals surface area contributed by atoms with Crippen molar-refractivity contribution in [2.24, 2.45) is 0 Å². The molecule has 1 aromatic rings. The number of rotatable bonds is 4. The summed E-state index contributed by atoms with van der Waals surface area (Å²) in [5.74, 6) is -0.678. The lowest BCUT2D eigenvalue weighted by Gasteiger charge is -2.07. The molecule has 0 aliphatic heterocycles. The van der Waals surface area contributed by atoms with Gasteiger partial charge in [-0.25, -0.2) is 13.9 Å². The molecule has 0 saturated heterocycles. The highest BCUT2D eigenvalue weighted by molar-refractivity contribution is 7.88. The van der Waals surface area contributed by atoms with Crippen molar-refractivity contribution in [1.82, 2.24) is 9.44 Å². The minimum absolute atomic E-state index is 0.0509. The number of nitrogens with one attached hydrogen (secondary N) is 2. The highest BCUT2D eigenvalue weighted by atomic mass is 32.2. The summed E-state index contributed by atoms with van der Waals surface area (Å²) in [5.41, 5.74) is 5.56. The second kappa shape index (κ2) is 4.97. The van der Waals surface area contributed by atoms with E-state index in [-0.39, 0.29) is 17.8 Å². The molecule has 94 valence electrons. The molecule has 0 heterocycles. The van der Waals surface area contributed by atoms with Crippen LogP contribution in [-0.2, 0) is 16.8 Å². The van der Waals surface area contributed by atoms with E-state index >= 15 is 0 Å². The number of anilines is 1. The van der Waals surface area contributed by atoms with Crippen LogP contribution in [0.5, 0.6) is 0 Å². The van der Waals surface area contributed by atoms with Gasteiger partial charge in [-0.1, -0.05) is 6.07 Å². The Morgan fingerprint density at radius 2 is 2.12 bits per heavy atom. The minimum Gasteiger partial charge on any atom is -0.464 e. The largest absolute Gasteiger partial charge is 0.464 e. The summed E-state index contributed by atoms with van der Waals surface area (Å²) in [5, 5.41) is 8.22. The average molecular weight is 263 g/mol. The highest BCUT2D eigenvalue weighted by Gasteiger charge is 2.13. The van der Waals surface area contributed by atoms with Gasteiger partial charge < -0.3 is 10.8 Å². The Bertz CT molecular complexity index is 532. The van der Waals surface area contributed by atoms with E-state index in [4.69, 9.17) is 10.8 Å². The van der Waals surface area contributed by atoms with E-state index in [9.17, 15) is 17.6 Å². The number of amides is 1. The maximum Gasteiger partial charge on any atom is 0.419 e.